The first-order valence-electron chi connectivity index (χ1n) is 10.2. The third-order valence-electron chi connectivity index (χ3n) is 5.15. The largest absolute Gasteiger partial charge is 0.458 e. The molecule has 0 bridgehead atoms. The molecule has 0 unspecified atom stereocenters. The normalized spacial score (nSPS) is 10.8. The van der Waals surface area contributed by atoms with Crippen LogP contribution in [0.25, 0.3) is 11.5 Å². The second-order valence-corrected chi connectivity index (χ2v) is 8.38. The van der Waals surface area contributed by atoms with E-state index in [2.05, 4.69) is 32.3 Å². The molecule has 0 aliphatic carbocycles. The molecular formula is C24H24N4O3S. The van der Waals surface area contributed by atoms with Gasteiger partial charge in [-0.3, -0.25) is 14.9 Å². The molecule has 3 heterocycles. The number of aromatic nitrogens is 2. The summed E-state index contributed by atoms with van der Waals surface area (Å²) in [6.07, 6.45) is 0. The number of nitrogens with zero attached hydrogens (tertiary/aromatic N) is 2. The van der Waals surface area contributed by atoms with Gasteiger partial charge in [-0.2, -0.15) is 0 Å². The van der Waals surface area contributed by atoms with E-state index in [1.807, 2.05) is 43.5 Å². The fraction of sp³-hybridized carbons (Fsp3) is 0.208. The summed E-state index contributed by atoms with van der Waals surface area (Å²) in [6, 6.07) is 15.7. The second kappa shape index (κ2) is 9.23. The molecule has 164 valence electrons. The minimum atomic E-state index is -0.191. The summed E-state index contributed by atoms with van der Waals surface area (Å²) in [5, 5.41) is 7.92. The van der Waals surface area contributed by atoms with E-state index < -0.39 is 0 Å². The predicted molar refractivity (Wildman–Crippen MR) is 125 cm³/mol. The maximum atomic E-state index is 12.9. The Morgan fingerprint density at radius 2 is 1.91 bits per heavy atom. The number of amides is 2. The van der Waals surface area contributed by atoms with Crippen molar-refractivity contribution in [3.05, 3.63) is 82.2 Å². The van der Waals surface area contributed by atoms with Gasteiger partial charge in [-0.05, 0) is 37.6 Å². The molecule has 4 rings (SSSR count). The Balaban J connectivity index is 1.46. The highest BCUT2D eigenvalue weighted by Gasteiger charge is 2.18. The minimum absolute atomic E-state index is 0.121. The molecule has 0 saturated carbocycles. The third-order valence-corrected chi connectivity index (χ3v) is 5.91. The first-order chi connectivity index (χ1) is 15.4. The lowest BCUT2D eigenvalue weighted by Crippen LogP contribution is -2.18. The van der Waals surface area contributed by atoms with Crippen LogP contribution < -0.4 is 10.6 Å². The molecule has 0 spiro atoms. The van der Waals surface area contributed by atoms with Crippen molar-refractivity contribution in [3.63, 3.8) is 0 Å². The fourth-order valence-corrected chi connectivity index (χ4v) is 4.17. The van der Waals surface area contributed by atoms with Crippen LogP contribution >= 0.6 is 11.3 Å². The summed E-state index contributed by atoms with van der Waals surface area (Å²) in [5.74, 6) is 0.914. The van der Waals surface area contributed by atoms with Crippen LogP contribution in [-0.4, -0.2) is 21.4 Å². The van der Waals surface area contributed by atoms with Gasteiger partial charge in [0, 0.05) is 30.2 Å². The Hall–Kier alpha value is -3.65. The summed E-state index contributed by atoms with van der Waals surface area (Å²) >= 11 is 1.33. The lowest BCUT2D eigenvalue weighted by atomic mass is 10.2. The van der Waals surface area contributed by atoms with Crippen LogP contribution in [0.15, 0.2) is 58.3 Å². The van der Waals surface area contributed by atoms with E-state index >= 15 is 0 Å². The number of thiazole rings is 1. The van der Waals surface area contributed by atoms with Crippen LogP contribution in [0.3, 0.4) is 0 Å². The van der Waals surface area contributed by atoms with Crippen LogP contribution in [0.4, 0.5) is 5.13 Å². The van der Waals surface area contributed by atoms with Crippen molar-refractivity contribution in [2.24, 2.45) is 0 Å². The average molecular weight is 449 g/mol. The topological polar surface area (TPSA) is 89.2 Å². The Morgan fingerprint density at radius 3 is 2.66 bits per heavy atom. The molecule has 3 aromatic heterocycles. The molecule has 0 aliphatic rings. The van der Waals surface area contributed by atoms with E-state index in [0.29, 0.717) is 41.0 Å². The van der Waals surface area contributed by atoms with E-state index in [4.69, 9.17) is 4.42 Å². The molecule has 7 nitrogen and oxygen atoms in total. The van der Waals surface area contributed by atoms with Crippen molar-refractivity contribution in [3.8, 4) is 11.5 Å². The first-order valence-corrected chi connectivity index (χ1v) is 11.1. The summed E-state index contributed by atoms with van der Waals surface area (Å²) in [7, 11) is 0. The Bertz CT molecular complexity index is 1250. The molecule has 0 fully saturated rings. The predicted octanol–water partition coefficient (Wildman–Crippen LogP) is 4.76. The molecule has 1 aromatic carbocycles. The summed E-state index contributed by atoms with van der Waals surface area (Å²) in [4.78, 5) is 28.5. The van der Waals surface area contributed by atoms with Gasteiger partial charge in [-0.1, -0.05) is 30.3 Å². The number of anilines is 1. The number of rotatable bonds is 7. The number of carbonyl (C=O) groups is 2. The summed E-state index contributed by atoms with van der Waals surface area (Å²) < 4.78 is 7.87. The zero-order valence-corrected chi connectivity index (χ0v) is 19.0. The molecule has 0 atom stereocenters. The zero-order chi connectivity index (χ0) is 22.7. The van der Waals surface area contributed by atoms with E-state index in [-0.39, 0.29) is 11.8 Å². The van der Waals surface area contributed by atoms with Crippen molar-refractivity contribution in [1.82, 2.24) is 14.9 Å². The Morgan fingerprint density at radius 1 is 1.12 bits per heavy atom. The lowest BCUT2D eigenvalue weighted by Gasteiger charge is -2.10. The molecule has 2 N–H and O–H groups in total. The van der Waals surface area contributed by atoms with Crippen molar-refractivity contribution in [1.29, 1.82) is 0 Å². The zero-order valence-electron chi connectivity index (χ0n) is 18.1. The van der Waals surface area contributed by atoms with Crippen LogP contribution in [0.2, 0.25) is 0 Å². The van der Waals surface area contributed by atoms with Crippen LogP contribution in [0.1, 0.15) is 40.0 Å². The number of aryl methyl sites for hydroxylation is 1. The van der Waals surface area contributed by atoms with E-state index in [1.165, 1.54) is 23.8 Å². The highest BCUT2D eigenvalue weighted by molar-refractivity contribution is 7.14. The molecule has 32 heavy (non-hydrogen) atoms. The standard InChI is InChI=1S/C24H24N4O3S/c1-15-11-20(16(2)28(15)13-18-7-5-4-6-8-18)23(30)27-24-26-21(14-32-24)22-10-9-19(31-22)12-25-17(3)29/h4-11,14H,12-13H2,1-3H3,(H,25,29)(H,26,27,30). The van der Waals surface area contributed by atoms with Gasteiger partial charge in [-0.25, -0.2) is 4.98 Å². The van der Waals surface area contributed by atoms with Crippen molar-refractivity contribution in [2.45, 2.75) is 33.9 Å². The maximum absolute atomic E-state index is 12.9. The second-order valence-electron chi connectivity index (χ2n) is 7.52. The quantitative estimate of drug-likeness (QED) is 0.427. The number of carbonyl (C=O) groups excluding carboxylic acids is 2. The minimum Gasteiger partial charge on any atom is -0.458 e. The highest BCUT2D eigenvalue weighted by atomic mass is 32.1. The SMILES string of the molecule is CC(=O)NCc1ccc(-c2csc(NC(=O)c3cc(C)n(Cc4ccccc4)c3C)n2)o1. The van der Waals surface area contributed by atoms with Gasteiger partial charge in [0.25, 0.3) is 5.91 Å². The molecule has 0 saturated heterocycles. The van der Waals surface area contributed by atoms with Crippen molar-refractivity contribution in [2.75, 3.05) is 5.32 Å². The molecular weight excluding hydrogens is 424 g/mol. The van der Waals surface area contributed by atoms with Gasteiger partial charge in [0.1, 0.15) is 11.5 Å². The lowest BCUT2D eigenvalue weighted by molar-refractivity contribution is -0.119. The Kier molecular flexibility index (Phi) is 6.23. The Labute approximate surface area is 190 Å². The fourth-order valence-electron chi connectivity index (χ4n) is 3.47. The van der Waals surface area contributed by atoms with Gasteiger partial charge >= 0.3 is 0 Å². The van der Waals surface area contributed by atoms with Gasteiger partial charge in [0.15, 0.2) is 10.9 Å². The van der Waals surface area contributed by atoms with Gasteiger partial charge in [0.05, 0.1) is 12.1 Å². The first kappa shape index (κ1) is 21.6. The van der Waals surface area contributed by atoms with Gasteiger partial charge in [0.2, 0.25) is 5.91 Å². The summed E-state index contributed by atoms with van der Waals surface area (Å²) in [6.45, 7) is 6.45. The molecule has 8 heteroatoms. The average Bonchev–Trinajstić information content (AvgIpc) is 3.49. The number of benzene rings is 1. The summed E-state index contributed by atoms with van der Waals surface area (Å²) in [5.41, 5.74) is 4.38. The van der Waals surface area contributed by atoms with Gasteiger partial charge in [-0.15, -0.1) is 11.3 Å². The number of nitrogens with one attached hydrogen (secondary N) is 2. The molecule has 0 aliphatic heterocycles. The number of furan rings is 1. The highest BCUT2D eigenvalue weighted by Crippen LogP contribution is 2.27. The molecule has 0 radical (unpaired) electrons. The molecule has 4 aromatic rings. The van der Waals surface area contributed by atoms with E-state index in [0.717, 1.165) is 11.4 Å². The van der Waals surface area contributed by atoms with Crippen LogP contribution in [0, 0.1) is 13.8 Å². The van der Waals surface area contributed by atoms with Crippen LogP contribution in [0.5, 0.6) is 0 Å². The number of hydrogen-bond donors (Lipinski definition) is 2. The van der Waals surface area contributed by atoms with Crippen molar-refractivity contribution >= 4 is 28.3 Å². The van der Waals surface area contributed by atoms with Crippen LogP contribution in [-0.2, 0) is 17.9 Å². The van der Waals surface area contributed by atoms with Gasteiger partial charge < -0.3 is 14.3 Å². The van der Waals surface area contributed by atoms with Crippen molar-refractivity contribution < 1.29 is 14.0 Å². The van der Waals surface area contributed by atoms with E-state index in [9.17, 15) is 9.59 Å². The third kappa shape index (κ3) is 4.81. The molecule has 2 amide bonds. The monoisotopic (exact) mass is 448 g/mol. The maximum Gasteiger partial charge on any atom is 0.259 e. The number of hydrogen-bond acceptors (Lipinski definition) is 5. The van der Waals surface area contributed by atoms with E-state index in [1.54, 1.807) is 12.1 Å². The smallest absolute Gasteiger partial charge is 0.259 e.